The van der Waals surface area contributed by atoms with Crippen LogP contribution in [-0.4, -0.2) is 35.4 Å². The van der Waals surface area contributed by atoms with Gasteiger partial charge >= 0.3 is 0 Å². The minimum atomic E-state index is 0.0387. The molecule has 1 unspecified atom stereocenters. The van der Waals surface area contributed by atoms with Crippen molar-refractivity contribution in [2.24, 2.45) is 0 Å². The van der Waals surface area contributed by atoms with Crippen molar-refractivity contribution in [3.8, 4) is 0 Å². The van der Waals surface area contributed by atoms with Gasteiger partial charge in [0, 0.05) is 31.1 Å². The molecule has 2 aromatic rings. The second-order valence-corrected chi connectivity index (χ2v) is 5.98. The monoisotopic (exact) mass is 287 g/mol. The number of carbonyl (C=O) groups is 1. The van der Waals surface area contributed by atoms with Gasteiger partial charge < -0.3 is 10.2 Å². The lowest BCUT2D eigenvalue weighted by atomic mass is 10.0. The number of nitrogens with one attached hydrogen (secondary N) is 1. The third-order valence-corrected chi connectivity index (χ3v) is 4.28. The van der Waals surface area contributed by atoms with Gasteiger partial charge in [-0.3, -0.25) is 4.79 Å². The molecule has 1 saturated heterocycles. The van der Waals surface area contributed by atoms with Gasteiger partial charge in [0.1, 0.15) is 5.69 Å². The molecule has 1 N–H and O–H groups in total. The lowest BCUT2D eigenvalue weighted by molar-refractivity contribution is 0.0697. The molecule has 1 aliphatic heterocycles. The van der Waals surface area contributed by atoms with E-state index in [2.05, 4.69) is 22.4 Å². The van der Waals surface area contributed by atoms with E-state index in [1.165, 1.54) is 16.9 Å². The third-order valence-electron chi connectivity index (χ3n) is 3.50. The van der Waals surface area contributed by atoms with E-state index in [1.54, 1.807) is 0 Å². The molecule has 3 rings (SSSR count). The molecule has 1 atom stereocenters. The van der Waals surface area contributed by atoms with E-state index in [0.717, 1.165) is 18.1 Å². The van der Waals surface area contributed by atoms with Crippen molar-refractivity contribution in [3.63, 3.8) is 0 Å². The summed E-state index contributed by atoms with van der Waals surface area (Å²) in [5.74, 6) is 0.0387. The summed E-state index contributed by atoms with van der Waals surface area (Å²) in [5.41, 5.74) is 1.79. The van der Waals surface area contributed by atoms with Crippen molar-refractivity contribution >= 4 is 17.2 Å². The first kappa shape index (κ1) is 13.3. The van der Waals surface area contributed by atoms with Crippen LogP contribution in [-0.2, 0) is 0 Å². The first-order valence-corrected chi connectivity index (χ1v) is 7.62. The van der Waals surface area contributed by atoms with E-state index in [-0.39, 0.29) is 11.9 Å². The van der Waals surface area contributed by atoms with E-state index < -0.39 is 0 Å². The Labute approximate surface area is 122 Å². The summed E-state index contributed by atoms with van der Waals surface area (Å²) in [7, 11) is 0. The predicted molar refractivity (Wildman–Crippen MR) is 79.9 cm³/mol. The van der Waals surface area contributed by atoms with Crippen molar-refractivity contribution < 1.29 is 4.79 Å². The number of piperazine rings is 1. The summed E-state index contributed by atoms with van der Waals surface area (Å²) in [6.45, 7) is 4.17. The second kappa shape index (κ2) is 5.73. The minimum absolute atomic E-state index is 0.0387. The predicted octanol–water partition coefficient (Wildman–Crippen LogP) is 2.24. The number of thiazole rings is 1. The number of hydrogen-bond donors (Lipinski definition) is 1. The highest BCUT2D eigenvalue weighted by molar-refractivity contribution is 7.09. The summed E-state index contributed by atoms with van der Waals surface area (Å²) in [6, 6.07) is 10.5. The zero-order valence-electron chi connectivity index (χ0n) is 11.4. The SMILES string of the molecule is Cc1nc(C(=O)N2CCNC(c3ccccc3)C2)cs1. The molecular formula is C15H17N3OS. The molecule has 5 heteroatoms. The summed E-state index contributed by atoms with van der Waals surface area (Å²) in [5, 5.41) is 6.24. The number of aromatic nitrogens is 1. The average molecular weight is 287 g/mol. The van der Waals surface area contributed by atoms with Crippen LogP contribution in [0.25, 0.3) is 0 Å². The van der Waals surface area contributed by atoms with E-state index in [1.807, 2.05) is 35.4 Å². The van der Waals surface area contributed by atoms with Crippen LogP contribution < -0.4 is 5.32 Å². The molecule has 1 aromatic carbocycles. The molecule has 2 heterocycles. The van der Waals surface area contributed by atoms with Gasteiger partial charge in [0.25, 0.3) is 5.91 Å². The Morgan fingerprint density at radius 3 is 2.90 bits per heavy atom. The van der Waals surface area contributed by atoms with Gasteiger partial charge in [-0.15, -0.1) is 11.3 Å². The van der Waals surface area contributed by atoms with Crippen molar-refractivity contribution in [1.29, 1.82) is 0 Å². The number of aryl methyl sites for hydroxylation is 1. The molecule has 0 spiro atoms. The molecule has 20 heavy (non-hydrogen) atoms. The standard InChI is InChI=1S/C15H17N3OS/c1-11-17-14(10-20-11)15(19)18-8-7-16-13(9-18)12-5-3-2-4-6-12/h2-6,10,13,16H,7-9H2,1H3. The van der Waals surface area contributed by atoms with Crippen LogP contribution in [0.5, 0.6) is 0 Å². The highest BCUT2D eigenvalue weighted by atomic mass is 32.1. The van der Waals surface area contributed by atoms with Gasteiger partial charge in [0.15, 0.2) is 0 Å². The van der Waals surface area contributed by atoms with Crippen molar-refractivity contribution in [1.82, 2.24) is 15.2 Å². The Bertz CT molecular complexity index is 596. The van der Waals surface area contributed by atoms with E-state index in [0.29, 0.717) is 12.2 Å². The zero-order chi connectivity index (χ0) is 13.9. The van der Waals surface area contributed by atoms with Crippen molar-refractivity contribution in [2.45, 2.75) is 13.0 Å². The Kier molecular flexibility index (Phi) is 3.80. The smallest absolute Gasteiger partial charge is 0.273 e. The Hall–Kier alpha value is -1.72. The topological polar surface area (TPSA) is 45.2 Å². The molecule has 0 bridgehead atoms. The van der Waals surface area contributed by atoms with Gasteiger partial charge in [-0.25, -0.2) is 4.98 Å². The molecule has 4 nitrogen and oxygen atoms in total. The number of benzene rings is 1. The molecule has 1 aromatic heterocycles. The van der Waals surface area contributed by atoms with Gasteiger partial charge in [0.2, 0.25) is 0 Å². The third kappa shape index (κ3) is 2.73. The number of carbonyl (C=O) groups excluding carboxylic acids is 1. The zero-order valence-corrected chi connectivity index (χ0v) is 12.2. The first-order chi connectivity index (χ1) is 9.74. The average Bonchev–Trinajstić information content (AvgIpc) is 2.94. The lowest BCUT2D eigenvalue weighted by Gasteiger charge is -2.33. The second-order valence-electron chi connectivity index (χ2n) is 4.92. The number of hydrogen-bond acceptors (Lipinski definition) is 4. The fraction of sp³-hybridized carbons (Fsp3) is 0.333. The van der Waals surface area contributed by atoms with Crippen LogP contribution >= 0.6 is 11.3 Å². The fourth-order valence-corrected chi connectivity index (χ4v) is 3.05. The molecule has 1 aliphatic rings. The summed E-state index contributed by atoms with van der Waals surface area (Å²) < 4.78 is 0. The van der Waals surface area contributed by atoms with Gasteiger partial charge in [-0.1, -0.05) is 30.3 Å². The Morgan fingerprint density at radius 2 is 2.20 bits per heavy atom. The Morgan fingerprint density at radius 1 is 1.40 bits per heavy atom. The van der Waals surface area contributed by atoms with Crippen molar-refractivity contribution in [2.75, 3.05) is 19.6 Å². The summed E-state index contributed by atoms with van der Waals surface area (Å²) in [6.07, 6.45) is 0. The van der Waals surface area contributed by atoms with Gasteiger partial charge in [-0.05, 0) is 12.5 Å². The first-order valence-electron chi connectivity index (χ1n) is 6.74. The fourth-order valence-electron chi connectivity index (χ4n) is 2.47. The van der Waals surface area contributed by atoms with Gasteiger partial charge in [-0.2, -0.15) is 0 Å². The summed E-state index contributed by atoms with van der Waals surface area (Å²) >= 11 is 1.52. The van der Waals surface area contributed by atoms with Crippen LogP contribution in [0.4, 0.5) is 0 Å². The van der Waals surface area contributed by atoms with Crippen molar-refractivity contribution in [3.05, 3.63) is 52.0 Å². The molecule has 0 radical (unpaired) electrons. The largest absolute Gasteiger partial charge is 0.334 e. The quantitative estimate of drug-likeness (QED) is 0.921. The maximum absolute atomic E-state index is 12.4. The van der Waals surface area contributed by atoms with Crippen LogP contribution in [0.2, 0.25) is 0 Å². The normalized spacial score (nSPS) is 19.1. The van der Waals surface area contributed by atoms with E-state index in [9.17, 15) is 4.79 Å². The molecule has 104 valence electrons. The maximum atomic E-state index is 12.4. The highest BCUT2D eigenvalue weighted by Crippen LogP contribution is 2.19. The number of nitrogens with zero attached hydrogens (tertiary/aromatic N) is 2. The molecule has 1 amide bonds. The molecule has 0 saturated carbocycles. The lowest BCUT2D eigenvalue weighted by Crippen LogP contribution is -2.48. The maximum Gasteiger partial charge on any atom is 0.273 e. The van der Waals surface area contributed by atoms with E-state index in [4.69, 9.17) is 0 Å². The minimum Gasteiger partial charge on any atom is -0.334 e. The number of rotatable bonds is 2. The molecule has 1 fully saturated rings. The van der Waals surface area contributed by atoms with E-state index >= 15 is 0 Å². The Balaban J connectivity index is 1.74. The summed E-state index contributed by atoms with van der Waals surface area (Å²) in [4.78, 5) is 18.6. The highest BCUT2D eigenvalue weighted by Gasteiger charge is 2.26. The number of amides is 1. The van der Waals surface area contributed by atoms with Crippen LogP contribution in [0.3, 0.4) is 0 Å². The van der Waals surface area contributed by atoms with Crippen LogP contribution in [0.1, 0.15) is 27.1 Å². The van der Waals surface area contributed by atoms with Crippen LogP contribution in [0.15, 0.2) is 35.7 Å². The van der Waals surface area contributed by atoms with Crippen LogP contribution in [0, 0.1) is 6.92 Å². The van der Waals surface area contributed by atoms with Gasteiger partial charge in [0.05, 0.1) is 5.01 Å². The molecule has 0 aliphatic carbocycles. The molecular weight excluding hydrogens is 270 g/mol.